The van der Waals surface area contributed by atoms with Gasteiger partial charge in [0.15, 0.2) is 0 Å². The number of anilines is 1. The Labute approximate surface area is 93.6 Å². The summed E-state index contributed by atoms with van der Waals surface area (Å²) in [5.74, 6) is -0.399. The molecular formula is C13H11NO2. The van der Waals surface area contributed by atoms with Gasteiger partial charge in [0.25, 0.3) is 0 Å². The van der Waals surface area contributed by atoms with Crippen LogP contribution in [0.3, 0.4) is 0 Å². The number of hydrogen-bond donors (Lipinski definition) is 1. The van der Waals surface area contributed by atoms with E-state index in [0.29, 0.717) is 5.56 Å². The molecule has 0 aliphatic carbocycles. The van der Waals surface area contributed by atoms with E-state index in [4.69, 9.17) is 4.84 Å². The molecule has 16 heavy (non-hydrogen) atoms. The summed E-state index contributed by atoms with van der Waals surface area (Å²) in [5.41, 5.74) is 3.86. The van der Waals surface area contributed by atoms with Crippen molar-refractivity contribution in [2.24, 2.45) is 0 Å². The van der Waals surface area contributed by atoms with Crippen molar-refractivity contribution in [3.05, 3.63) is 66.2 Å². The quantitative estimate of drug-likeness (QED) is 0.797. The second-order valence-electron chi connectivity index (χ2n) is 3.22. The summed E-state index contributed by atoms with van der Waals surface area (Å²) < 4.78 is 0. The van der Waals surface area contributed by atoms with Gasteiger partial charge in [-0.3, -0.25) is 0 Å². The summed E-state index contributed by atoms with van der Waals surface area (Å²) in [6.07, 6.45) is 0. The van der Waals surface area contributed by atoms with Crippen molar-refractivity contribution in [2.75, 3.05) is 5.48 Å². The van der Waals surface area contributed by atoms with E-state index >= 15 is 0 Å². The monoisotopic (exact) mass is 213 g/mol. The maximum atomic E-state index is 11.5. The minimum absolute atomic E-state index is 0.399. The third kappa shape index (κ3) is 2.60. The lowest BCUT2D eigenvalue weighted by atomic mass is 10.2. The first kappa shape index (κ1) is 10.2. The smallest absolute Gasteiger partial charge is 0.338 e. The minimum atomic E-state index is -0.399. The second kappa shape index (κ2) is 4.98. The normalized spacial score (nSPS) is 9.50. The number of para-hydroxylation sites is 1. The zero-order valence-corrected chi connectivity index (χ0v) is 8.59. The van der Waals surface area contributed by atoms with Crippen LogP contribution in [0, 0.1) is 0 Å². The summed E-state index contributed by atoms with van der Waals surface area (Å²) in [6, 6.07) is 18.1. The fraction of sp³-hybridized carbons (Fsp3) is 0. The second-order valence-corrected chi connectivity index (χ2v) is 3.22. The third-order valence-electron chi connectivity index (χ3n) is 2.04. The van der Waals surface area contributed by atoms with Crippen LogP contribution in [0.4, 0.5) is 5.69 Å². The zero-order chi connectivity index (χ0) is 11.2. The first-order chi connectivity index (χ1) is 7.86. The van der Waals surface area contributed by atoms with Crippen LogP contribution in [0.5, 0.6) is 0 Å². The number of benzene rings is 2. The van der Waals surface area contributed by atoms with Gasteiger partial charge in [0.1, 0.15) is 0 Å². The number of carbonyl (C=O) groups is 1. The van der Waals surface area contributed by atoms with Crippen molar-refractivity contribution in [3.8, 4) is 0 Å². The molecule has 0 fully saturated rings. The van der Waals surface area contributed by atoms with Crippen molar-refractivity contribution in [1.29, 1.82) is 0 Å². The Morgan fingerprint density at radius 2 is 1.44 bits per heavy atom. The van der Waals surface area contributed by atoms with Crippen molar-refractivity contribution in [1.82, 2.24) is 0 Å². The molecule has 80 valence electrons. The lowest BCUT2D eigenvalue weighted by molar-refractivity contribution is 0.0596. The lowest BCUT2D eigenvalue weighted by Gasteiger charge is -2.05. The molecule has 2 aromatic carbocycles. The molecule has 3 heteroatoms. The molecule has 0 atom stereocenters. The number of hydrogen-bond acceptors (Lipinski definition) is 3. The fourth-order valence-electron chi connectivity index (χ4n) is 1.24. The van der Waals surface area contributed by atoms with Crippen LogP contribution in [-0.4, -0.2) is 5.97 Å². The predicted molar refractivity (Wildman–Crippen MR) is 61.9 cm³/mol. The first-order valence-corrected chi connectivity index (χ1v) is 4.93. The molecule has 0 aliphatic rings. The topological polar surface area (TPSA) is 38.3 Å². The SMILES string of the molecule is O=C(ONc1ccccc1)c1ccccc1. The van der Waals surface area contributed by atoms with Crippen LogP contribution in [0.25, 0.3) is 0 Å². The maximum absolute atomic E-state index is 11.5. The van der Waals surface area contributed by atoms with Crippen LogP contribution >= 0.6 is 0 Å². The standard InChI is InChI=1S/C13H11NO2/c15-13(11-7-3-1-4-8-11)16-14-12-9-5-2-6-10-12/h1-10,14H. The molecule has 2 rings (SSSR count). The van der Waals surface area contributed by atoms with Gasteiger partial charge in [0.2, 0.25) is 0 Å². The Morgan fingerprint density at radius 3 is 2.06 bits per heavy atom. The molecule has 0 bridgehead atoms. The summed E-state index contributed by atoms with van der Waals surface area (Å²) in [6.45, 7) is 0. The highest BCUT2D eigenvalue weighted by atomic mass is 16.7. The summed E-state index contributed by atoms with van der Waals surface area (Å²) in [4.78, 5) is 16.5. The van der Waals surface area contributed by atoms with Gasteiger partial charge < -0.3 is 4.84 Å². The van der Waals surface area contributed by atoms with E-state index in [1.165, 1.54) is 0 Å². The molecule has 0 saturated heterocycles. The Bertz CT molecular complexity index is 454. The highest BCUT2D eigenvalue weighted by molar-refractivity contribution is 5.89. The van der Waals surface area contributed by atoms with Crippen molar-refractivity contribution in [3.63, 3.8) is 0 Å². The first-order valence-electron chi connectivity index (χ1n) is 4.93. The van der Waals surface area contributed by atoms with Gasteiger partial charge >= 0.3 is 5.97 Å². The van der Waals surface area contributed by atoms with Crippen molar-refractivity contribution >= 4 is 11.7 Å². The average Bonchev–Trinajstić information content (AvgIpc) is 2.38. The zero-order valence-electron chi connectivity index (χ0n) is 8.59. The highest BCUT2D eigenvalue weighted by Crippen LogP contribution is 2.07. The highest BCUT2D eigenvalue weighted by Gasteiger charge is 2.05. The average molecular weight is 213 g/mol. The van der Waals surface area contributed by atoms with Gasteiger partial charge in [-0.15, -0.1) is 0 Å². The molecule has 0 amide bonds. The molecule has 0 heterocycles. The Morgan fingerprint density at radius 1 is 0.875 bits per heavy atom. The van der Waals surface area contributed by atoms with E-state index in [1.54, 1.807) is 24.3 Å². The molecule has 0 aliphatic heterocycles. The van der Waals surface area contributed by atoms with Crippen LogP contribution in [0.1, 0.15) is 10.4 Å². The van der Waals surface area contributed by atoms with E-state index in [2.05, 4.69) is 5.48 Å². The van der Waals surface area contributed by atoms with Crippen LogP contribution in [-0.2, 0) is 4.84 Å². The molecule has 0 spiro atoms. The maximum Gasteiger partial charge on any atom is 0.362 e. The molecule has 2 aromatic rings. The Kier molecular flexibility index (Phi) is 3.18. The third-order valence-corrected chi connectivity index (χ3v) is 2.04. The molecule has 0 saturated carbocycles. The molecular weight excluding hydrogens is 202 g/mol. The van der Waals surface area contributed by atoms with E-state index in [9.17, 15) is 4.79 Å². The fourth-order valence-corrected chi connectivity index (χ4v) is 1.24. The van der Waals surface area contributed by atoms with Crippen LogP contribution in [0.15, 0.2) is 60.7 Å². The Hall–Kier alpha value is -2.29. The van der Waals surface area contributed by atoms with Crippen molar-refractivity contribution in [2.45, 2.75) is 0 Å². The minimum Gasteiger partial charge on any atom is -0.338 e. The Balaban J connectivity index is 1.95. The molecule has 3 nitrogen and oxygen atoms in total. The summed E-state index contributed by atoms with van der Waals surface area (Å²) in [5, 5.41) is 0. The van der Waals surface area contributed by atoms with Crippen molar-refractivity contribution < 1.29 is 9.63 Å². The molecule has 0 aromatic heterocycles. The van der Waals surface area contributed by atoms with Gasteiger partial charge in [-0.05, 0) is 24.3 Å². The van der Waals surface area contributed by atoms with Gasteiger partial charge in [0.05, 0.1) is 11.3 Å². The van der Waals surface area contributed by atoms with Gasteiger partial charge in [-0.25, -0.2) is 10.3 Å². The van der Waals surface area contributed by atoms with Gasteiger partial charge in [0, 0.05) is 0 Å². The van der Waals surface area contributed by atoms with Gasteiger partial charge in [-0.1, -0.05) is 36.4 Å². The number of carbonyl (C=O) groups excluding carboxylic acids is 1. The molecule has 0 radical (unpaired) electrons. The number of rotatable bonds is 3. The van der Waals surface area contributed by atoms with Crippen LogP contribution in [0.2, 0.25) is 0 Å². The van der Waals surface area contributed by atoms with Crippen LogP contribution < -0.4 is 5.48 Å². The lowest BCUT2D eigenvalue weighted by Crippen LogP contribution is -2.10. The van der Waals surface area contributed by atoms with E-state index in [1.807, 2.05) is 36.4 Å². The summed E-state index contributed by atoms with van der Waals surface area (Å²) >= 11 is 0. The number of nitrogens with one attached hydrogen (secondary N) is 1. The van der Waals surface area contributed by atoms with E-state index < -0.39 is 5.97 Å². The largest absolute Gasteiger partial charge is 0.362 e. The molecule has 1 N–H and O–H groups in total. The predicted octanol–water partition coefficient (Wildman–Crippen LogP) is 2.87. The molecule has 0 unspecified atom stereocenters. The van der Waals surface area contributed by atoms with E-state index in [0.717, 1.165) is 5.69 Å². The summed E-state index contributed by atoms with van der Waals surface area (Å²) in [7, 11) is 0. The van der Waals surface area contributed by atoms with E-state index in [-0.39, 0.29) is 0 Å². The van der Waals surface area contributed by atoms with Gasteiger partial charge in [-0.2, -0.15) is 0 Å².